The Bertz CT molecular complexity index is 1930. The summed E-state index contributed by atoms with van der Waals surface area (Å²) in [5, 5.41) is 10.6. The first kappa shape index (κ1) is 98.1. The molecule has 100 heavy (non-hydrogen) atoms. The Morgan fingerprint density at radius 2 is 0.510 bits per heavy atom. The molecule has 3 N–H and O–H groups in total. The first-order chi connectivity index (χ1) is 48.4. The van der Waals surface area contributed by atoms with E-state index in [1.165, 1.54) is 238 Å². The molecule has 0 aliphatic rings. The third-order valence-electron chi connectivity index (χ3n) is 19.3. The Hall–Kier alpha value is -1.94. The van der Waals surface area contributed by atoms with Crippen LogP contribution in [0.15, 0.2) is 0 Å². The van der Waals surface area contributed by atoms with Crippen LogP contribution in [-0.4, -0.2) is 96.7 Å². The zero-order chi connectivity index (χ0) is 73.5. The largest absolute Gasteiger partial charge is 0.472 e. The number of phosphoric acid groups is 2. The van der Waals surface area contributed by atoms with Crippen LogP contribution in [0.4, 0.5) is 0 Å². The molecule has 594 valence electrons. The molecule has 0 aromatic rings. The SMILES string of the molecule is CCCCCCCCCCCCCCCCCCCCCCC(=O)OC[C@H](COP(=O)(O)OC[C@@H](O)COP(=O)(O)OC[C@@H](COC(=O)CCCCCCCCCC)OC(=O)CCCCCCCCCC(C)C)OC(=O)CCCCCCCCCCCCCCCCCCCCC(C)CC. The van der Waals surface area contributed by atoms with Gasteiger partial charge in [-0.25, -0.2) is 9.13 Å². The fraction of sp³-hybridized carbons (Fsp3) is 0.951. The van der Waals surface area contributed by atoms with E-state index < -0.39 is 97.5 Å². The van der Waals surface area contributed by atoms with Crippen molar-refractivity contribution in [3.05, 3.63) is 0 Å². The fourth-order valence-corrected chi connectivity index (χ4v) is 14.1. The van der Waals surface area contributed by atoms with Gasteiger partial charge in [0.1, 0.15) is 19.3 Å². The monoisotopic (exact) mass is 1470 g/mol. The lowest BCUT2D eigenvalue weighted by atomic mass is 9.99. The van der Waals surface area contributed by atoms with Gasteiger partial charge in [-0.3, -0.25) is 37.3 Å². The fourth-order valence-electron chi connectivity index (χ4n) is 12.5. The summed E-state index contributed by atoms with van der Waals surface area (Å²) < 4.78 is 68.5. The van der Waals surface area contributed by atoms with Gasteiger partial charge in [-0.1, -0.05) is 375 Å². The first-order valence-corrected chi connectivity index (χ1v) is 45.0. The van der Waals surface area contributed by atoms with Gasteiger partial charge in [-0.05, 0) is 37.5 Å². The molecule has 0 saturated carbocycles. The molecule has 0 saturated heterocycles. The minimum Gasteiger partial charge on any atom is -0.462 e. The van der Waals surface area contributed by atoms with E-state index in [1.807, 2.05) is 0 Å². The van der Waals surface area contributed by atoms with Crippen molar-refractivity contribution in [1.82, 2.24) is 0 Å². The quantitative estimate of drug-likeness (QED) is 0.0222. The highest BCUT2D eigenvalue weighted by Crippen LogP contribution is 2.45. The third-order valence-corrected chi connectivity index (χ3v) is 21.2. The maximum absolute atomic E-state index is 13.1. The second kappa shape index (κ2) is 72.6. The number of phosphoric ester groups is 2. The average Bonchev–Trinajstić information content (AvgIpc) is 0.923. The minimum atomic E-state index is -4.96. The van der Waals surface area contributed by atoms with Crippen LogP contribution in [0.3, 0.4) is 0 Å². The molecule has 0 bridgehead atoms. The number of rotatable bonds is 80. The molecule has 0 aromatic carbocycles. The second-order valence-electron chi connectivity index (χ2n) is 29.9. The van der Waals surface area contributed by atoms with Gasteiger partial charge in [0.15, 0.2) is 12.2 Å². The van der Waals surface area contributed by atoms with Crippen LogP contribution in [0.2, 0.25) is 0 Å². The molecule has 17 nitrogen and oxygen atoms in total. The number of unbranched alkanes of at least 4 members (excludes halogenated alkanes) is 49. The molecule has 0 rings (SSSR count). The van der Waals surface area contributed by atoms with Crippen molar-refractivity contribution >= 4 is 39.5 Å². The van der Waals surface area contributed by atoms with Crippen molar-refractivity contribution in [3.63, 3.8) is 0 Å². The molecule has 0 aliphatic heterocycles. The predicted molar refractivity (Wildman–Crippen MR) is 409 cm³/mol. The van der Waals surface area contributed by atoms with Crippen LogP contribution in [-0.2, 0) is 65.4 Å². The topological polar surface area (TPSA) is 237 Å². The van der Waals surface area contributed by atoms with Gasteiger partial charge in [0.05, 0.1) is 26.4 Å². The number of carbonyl (C=O) groups is 4. The summed E-state index contributed by atoms with van der Waals surface area (Å²) in [5.41, 5.74) is 0. The number of ether oxygens (including phenoxy) is 4. The lowest BCUT2D eigenvalue weighted by Gasteiger charge is -2.21. The molecule has 0 heterocycles. The van der Waals surface area contributed by atoms with Crippen LogP contribution in [0.5, 0.6) is 0 Å². The number of hydrogen-bond acceptors (Lipinski definition) is 15. The van der Waals surface area contributed by atoms with Gasteiger partial charge in [0, 0.05) is 25.7 Å². The smallest absolute Gasteiger partial charge is 0.462 e. The van der Waals surface area contributed by atoms with Crippen molar-refractivity contribution in [1.29, 1.82) is 0 Å². The van der Waals surface area contributed by atoms with Gasteiger partial charge in [-0.15, -0.1) is 0 Å². The second-order valence-corrected chi connectivity index (χ2v) is 32.8. The van der Waals surface area contributed by atoms with Crippen molar-refractivity contribution in [2.75, 3.05) is 39.6 Å². The maximum atomic E-state index is 13.1. The van der Waals surface area contributed by atoms with E-state index in [4.69, 9.17) is 37.0 Å². The third kappa shape index (κ3) is 73.0. The average molecular weight is 1470 g/mol. The Morgan fingerprint density at radius 1 is 0.290 bits per heavy atom. The summed E-state index contributed by atoms with van der Waals surface area (Å²) in [5.74, 6) is -0.549. The molecular weight excluding hydrogens is 1310 g/mol. The zero-order valence-electron chi connectivity index (χ0n) is 65.5. The molecule has 0 aliphatic carbocycles. The van der Waals surface area contributed by atoms with Crippen molar-refractivity contribution in [3.8, 4) is 0 Å². The van der Waals surface area contributed by atoms with Crippen LogP contribution in [0.1, 0.15) is 427 Å². The molecule has 0 aromatic heterocycles. The molecule has 0 amide bonds. The van der Waals surface area contributed by atoms with Gasteiger partial charge in [-0.2, -0.15) is 0 Å². The van der Waals surface area contributed by atoms with Crippen molar-refractivity contribution in [2.45, 2.75) is 445 Å². The van der Waals surface area contributed by atoms with E-state index in [0.717, 1.165) is 102 Å². The highest BCUT2D eigenvalue weighted by Gasteiger charge is 2.30. The normalized spacial score (nSPS) is 14.2. The molecule has 19 heteroatoms. The van der Waals surface area contributed by atoms with Gasteiger partial charge in [0.2, 0.25) is 0 Å². The highest BCUT2D eigenvalue weighted by atomic mass is 31.2. The predicted octanol–water partition coefficient (Wildman–Crippen LogP) is 24.3. The zero-order valence-corrected chi connectivity index (χ0v) is 67.3. The van der Waals surface area contributed by atoms with E-state index in [-0.39, 0.29) is 25.7 Å². The summed E-state index contributed by atoms with van der Waals surface area (Å²) >= 11 is 0. The van der Waals surface area contributed by atoms with Gasteiger partial charge < -0.3 is 33.8 Å². The number of hydrogen-bond donors (Lipinski definition) is 3. The number of aliphatic hydroxyl groups excluding tert-OH is 1. The van der Waals surface area contributed by atoms with E-state index >= 15 is 0 Å². The molecule has 0 fully saturated rings. The Balaban J connectivity index is 5.15. The number of aliphatic hydroxyl groups is 1. The molecule has 3 unspecified atom stereocenters. The molecule has 0 spiro atoms. The van der Waals surface area contributed by atoms with E-state index in [9.17, 15) is 43.2 Å². The number of carbonyl (C=O) groups excluding carboxylic acids is 4. The standard InChI is InChI=1S/C81H158O17P2/c1-7-10-12-14-16-18-19-20-21-22-23-24-28-31-34-37-40-46-52-58-64-79(84)92-70-76(97-80(85)65-59-53-47-41-38-35-32-29-26-25-27-30-33-36-39-44-50-56-62-74(6)9-3)71-95-99(87,88)93-67-75(82)68-94-100(89,90)96-72-77(69-91-78(83)63-57-51-45-17-15-13-11-8-2)98-81(86)66-60-54-48-42-43-49-55-61-73(4)5/h73-77,82H,7-72H2,1-6H3,(H,87,88)(H,89,90)/t74?,75-,76-,77-/m1/s1. The lowest BCUT2D eigenvalue weighted by Crippen LogP contribution is -2.30. The Labute approximate surface area is 613 Å². The molecule has 6 atom stereocenters. The molecule has 0 radical (unpaired) electrons. The van der Waals surface area contributed by atoms with Crippen LogP contribution in [0, 0.1) is 11.8 Å². The van der Waals surface area contributed by atoms with Gasteiger partial charge >= 0.3 is 39.5 Å². The lowest BCUT2D eigenvalue weighted by molar-refractivity contribution is -0.161. The summed E-state index contributed by atoms with van der Waals surface area (Å²) in [7, 11) is -9.91. The summed E-state index contributed by atoms with van der Waals surface area (Å²) in [6, 6.07) is 0. The van der Waals surface area contributed by atoms with E-state index in [1.54, 1.807) is 0 Å². The summed E-state index contributed by atoms with van der Waals surface area (Å²) in [4.78, 5) is 72.8. The maximum Gasteiger partial charge on any atom is 0.472 e. The Morgan fingerprint density at radius 3 is 0.760 bits per heavy atom. The Kier molecular flexibility index (Phi) is 71.2. The van der Waals surface area contributed by atoms with Crippen LogP contribution < -0.4 is 0 Å². The summed E-state index contributed by atoms with van der Waals surface area (Å²) in [6.07, 6.45) is 62.8. The van der Waals surface area contributed by atoms with E-state index in [0.29, 0.717) is 31.6 Å². The van der Waals surface area contributed by atoms with Crippen molar-refractivity contribution in [2.24, 2.45) is 11.8 Å². The van der Waals surface area contributed by atoms with Crippen LogP contribution in [0.25, 0.3) is 0 Å². The molecular formula is C81H158O17P2. The van der Waals surface area contributed by atoms with Gasteiger partial charge in [0.25, 0.3) is 0 Å². The van der Waals surface area contributed by atoms with E-state index in [2.05, 4.69) is 41.5 Å². The summed E-state index contributed by atoms with van der Waals surface area (Å²) in [6.45, 7) is 9.60. The number of esters is 4. The minimum absolute atomic E-state index is 0.104. The highest BCUT2D eigenvalue weighted by molar-refractivity contribution is 7.47. The van der Waals surface area contributed by atoms with Crippen molar-refractivity contribution < 1.29 is 80.2 Å². The first-order valence-electron chi connectivity index (χ1n) is 42.0. The van der Waals surface area contributed by atoms with Crippen LogP contribution >= 0.6 is 15.6 Å².